The first kappa shape index (κ1) is 87.4. The minimum absolute atomic E-state index is 0.210. The van der Waals surface area contributed by atoms with E-state index in [2.05, 4.69) is 105 Å². The van der Waals surface area contributed by atoms with Crippen LogP contribution < -0.4 is 63.0 Å². The molecule has 0 unspecified atom stereocenters. The summed E-state index contributed by atoms with van der Waals surface area (Å²) in [6.07, 6.45) is 9.70. The van der Waals surface area contributed by atoms with Crippen LogP contribution in [-0.4, -0.2) is 87.3 Å². The first-order valence-electron chi connectivity index (χ1n) is 38.4. The number of oxime groups is 2. The van der Waals surface area contributed by atoms with Gasteiger partial charge in [-0.25, -0.2) is 44.2 Å². The lowest BCUT2D eigenvalue weighted by Gasteiger charge is -2.13. The van der Waals surface area contributed by atoms with Crippen LogP contribution in [0.4, 0.5) is 50.9 Å². The summed E-state index contributed by atoms with van der Waals surface area (Å²) >= 11 is 0. The lowest BCUT2D eigenvalue weighted by atomic mass is 10.0. The highest BCUT2D eigenvalue weighted by Crippen LogP contribution is 2.28. The second-order valence-corrected chi connectivity index (χ2v) is 28.9. The van der Waals surface area contributed by atoms with Gasteiger partial charge >= 0.3 is 5.69 Å². The van der Waals surface area contributed by atoms with Gasteiger partial charge in [0.05, 0.1) is 23.4 Å². The van der Waals surface area contributed by atoms with Crippen molar-refractivity contribution < 1.29 is 14.1 Å². The lowest BCUT2D eigenvalue weighted by Crippen LogP contribution is -2.20. The van der Waals surface area contributed by atoms with Crippen LogP contribution in [0.2, 0.25) is 0 Å². The van der Waals surface area contributed by atoms with E-state index in [9.17, 15) is 9.18 Å². The molecule has 0 radical (unpaired) electrons. The Morgan fingerprint density at radius 1 is 0.341 bits per heavy atom. The third-order valence-electron chi connectivity index (χ3n) is 19.0. The average Bonchev–Trinajstić information content (AvgIpc) is 1.15. The number of benzene rings is 10. The monoisotopic (exact) mass is 1640 g/mol. The number of aromatic amines is 2. The highest BCUT2D eigenvalue weighted by Gasteiger charge is 2.15. The molecule has 0 fully saturated rings. The fourth-order valence-corrected chi connectivity index (χ4v) is 12.5. The van der Waals surface area contributed by atoms with E-state index < -0.39 is 0 Å². The van der Waals surface area contributed by atoms with E-state index in [0.717, 1.165) is 115 Å². The average molecular weight is 1640 g/mol. The van der Waals surface area contributed by atoms with Gasteiger partial charge in [0.2, 0.25) is 0 Å². The van der Waals surface area contributed by atoms with E-state index in [1.165, 1.54) is 57.7 Å². The fourth-order valence-electron chi connectivity index (χ4n) is 12.5. The van der Waals surface area contributed by atoms with Crippen LogP contribution in [-0.2, 0) is 22.9 Å². The van der Waals surface area contributed by atoms with Gasteiger partial charge in [-0.15, -0.1) is 20.4 Å². The number of aryl methyl sites for hydroxylation is 10. The van der Waals surface area contributed by atoms with Crippen molar-refractivity contribution in [2.75, 3.05) is 45.9 Å². The lowest BCUT2D eigenvalue weighted by molar-refractivity contribution is 0.125. The van der Waals surface area contributed by atoms with Gasteiger partial charge in [-0.05, 0) is 170 Å². The van der Waals surface area contributed by atoms with Crippen LogP contribution in [0.1, 0.15) is 77.9 Å². The smallest absolute Gasteiger partial charge is 0.340 e. The third kappa shape index (κ3) is 23.5. The van der Waals surface area contributed by atoms with Crippen molar-refractivity contribution in [2.24, 2.45) is 21.8 Å². The minimum atomic E-state index is -0.281. The molecule has 123 heavy (non-hydrogen) atoms. The Morgan fingerprint density at radius 2 is 0.797 bits per heavy atom. The molecule has 22 N–H and O–H groups in total. The normalized spacial score (nSPS) is 11.2. The number of anilines is 8. The van der Waals surface area contributed by atoms with Crippen molar-refractivity contribution in [1.82, 2.24) is 75.7 Å². The van der Waals surface area contributed by atoms with Crippen LogP contribution in [0.25, 0.3) is 87.1 Å². The Hall–Kier alpha value is -16.5. The number of aromatic nitrogens is 15. The summed E-state index contributed by atoms with van der Waals surface area (Å²) < 4.78 is 13.1. The molecule has 8 aromatic heterocycles. The van der Waals surface area contributed by atoms with Crippen LogP contribution in [0.3, 0.4) is 0 Å². The van der Waals surface area contributed by atoms with Gasteiger partial charge in [0.1, 0.15) is 55.0 Å². The molecule has 30 nitrogen and oxygen atoms in total. The van der Waals surface area contributed by atoms with E-state index in [-0.39, 0.29) is 11.5 Å². The fraction of sp³-hybridized carbons (Fsp3) is 0.130. The van der Waals surface area contributed by atoms with E-state index in [0.29, 0.717) is 82.8 Å². The predicted octanol–water partition coefficient (Wildman–Crippen LogP) is 14.9. The van der Waals surface area contributed by atoms with Crippen molar-refractivity contribution in [2.45, 2.75) is 82.5 Å². The molecule has 0 spiro atoms. The molecule has 0 saturated heterocycles. The number of nitrogen functional groups attached to an aromatic ring is 8. The molecule has 0 bridgehead atoms. The first-order valence-corrected chi connectivity index (χ1v) is 38.4. The number of rotatable bonds is 1. The van der Waals surface area contributed by atoms with Crippen LogP contribution in [0.5, 0.6) is 0 Å². The number of nitrogens with one attached hydrogen (secondary N) is 2. The van der Waals surface area contributed by atoms with E-state index in [4.69, 9.17) is 67.0 Å². The molecule has 18 aromatic rings. The highest BCUT2D eigenvalue weighted by atomic mass is 19.1. The van der Waals surface area contributed by atoms with E-state index >= 15 is 0 Å². The molecule has 0 aliphatic carbocycles. The number of nitrogens with two attached hydrogens (primary N) is 10. The van der Waals surface area contributed by atoms with Crippen LogP contribution in [0.15, 0.2) is 247 Å². The molecular weight excluding hydrogens is 1550 g/mol. The molecule has 0 atom stereocenters. The molecular formula is C92H94FN27O3. The topological polar surface area (TPSA) is 520 Å². The maximum absolute atomic E-state index is 13.1. The molecule has 2 aliphatic heterocycles. The number of halogens is 1. The minimum Gasteiger partial charge on any atom is -0.389 e. The summed E-state index contributed by atoms with van der Waals surface area (Å²) in [6, 6.07) is 62.8. The SMILES string of the molecule is Cc1cc2c(N)nccc2cc1F.Cc1ccc2c(N)nccc2c1.Cc1ccc2c(N)ncnc2c1.Cc1ccc2c(N)nnc(N)c2c1.Cc1ccc2c(c1)C(N)=NOC2.Cc1ccc2c(c1)CON=C2N.Cc1ccc2cnnc(N)c2c1.Cc1ccc2cnnc(N)c2c1.Cc1ccc2ncnc(N)c2c1.Cc1cccc(-c2n[nH]c(=O)[nH]2)c1. The first-order chi connectivity index (χ1) is 59.0. The number of pyridine rings is 2. The second kappa shape index (κ2) is 40.6. The predicted molar refractivity (Wildman–Crippen MR) is 492 cm³/mol. The van der Waals surface area contributed by atoms with Crippen LogP contribution >= 0.6 is 0 Å². The number of hydrogen-bond acceptors (Lipinski definition) is 28. The summed E-state index contributed by atoms with van der Waals surface area (Å²) in [7, 11) is 0. The summed E-state index contributed by atoms with van der Waals surface area (Å²) in [5.74, 6) is 5.28. The quantitative estimate of drug-likeness (QED) is 0.0726. The van der Waals surface area contributed by atoms with E-state index in [1.807, 2.05) is 219 Å². The number of hydrogen-bond donors (Lipinski definition) is 12. The zero-order chi connectivity index (χ0) is 88.0. The standard InChI is InChI=1S/C10H9FN2.C10H10N2.C9H10N4.C9H9N3O.4C9H9N3.2C9H10N2O/c1-6-4-8-7(5-9(6)11)2-3-13-10(8)12;1-7-2-3-9-8(6-7)4-5-12-10(9)11;1-5-2-3-6-7(4-5)9(11)13-12-8(6)10;1-6-3-2-4-7(5-6)8-10-9(13)12-11-8;1-6-2-3-8-7(4-6)9(10)12-5-11-8;1-6-2-3-7-8(4-6)11-5-12-9(7)10;2*1-6-2-3-7-5-11-12-9(10)8(7)4-6;1-6-2-3-8-7(4-6)5-12-11-9(8)10;1-6-2-3-7-5-12-11-9(10)8(7)4-6/h2-5H,1H3,(H2,12,13);2-6H,1H3,(H2,11,12);2-4H,1H3,(H2,10,12)(H2,11,13);2-5H,1H3,(H2,10,11,12,13);2*2-5H,1H3,(H2,10,11,12);2*2-5H,1H3,(H2,10,12);2*2-4H,5H2,1H3,(H2,10,11). The largest absolute Gasteiger partial charge is 0.389 e. The van der Waals surface area contributed by atoms with Crippen molar-refractivity contribution in [3.63, 3.8) is 0 Å². The maximum Gasteiger partial charge on any atom is 0.340 e. The van der Waals surface area contributed by atoms with Crippen molar-refractivity contribution in [3.8, 4) is 11.4 Å². The van der Waals surface area contributed by atoms with Crippen molar-refractivity contribution >= 4 is 134 Å². The Kier molecular flexibility index (Phi) is 28.8. The molecule has 10 aromatic carbocycles. The van der Waals surface area contributed by atoms with Gasteiger partial charge in [-0.2, -0.15) is 15.3 Å². The summed E-state index contributed by atoms with van der Waals surface area (Å²) in [6.45, 7) is 21.0. The Labute approximate surface area is 707 Å². The van der Waals surface area contributed by atoms with Gasteiger partial charge in [0, 0.05) is 94.1 Å². The van der Waals surface area contributed by atoms with Crippen molar-refractivity contribution in [3.05, 3.63) is 326 Å². The van der Waals surface area contributed by atoms with Crippen molar-refractivity contribution in [1.29, 1.82) is 0 Å². The molecule has 2 aliphatic rings. The number of amidine groups is 2. The second-order valence-electron chi connectivity index (χ2n) is 28.9. The van der Waals surface area contributed by atoms with Gasteiger partial charge < -0.3 is 67.0 Å². The number of H-pyrrole nitrogens is 2. The molecule has 10 heterocycles. The molecule has 0 saturated carbocycles. The molecule has 31 heteroatoms. The zero-order valence-corrected chi connectivity index (χ0v) is 69.4. The molecule has 622 valence electrons. The Bertz CT molecular complexity index is 6660. The molecule has 20 rings (SSSR count). The summed E-state index contributed by atoms with van der Waals surface area (Å²) in [4.78, 5) is 47.2. The van der Waals surface area contributed by atoms with Gasteiger partial charge in [0.15, 0.2) is 40.8 Å². The Morgan fingerprint density at radius 3 is 1.41 bits per heavy atom. The Balaban J connectivity index is 0.000000133. The zero-order valence-electron chi connectivity index (χ0n) is 69.4. The number of fused-ring (bicyclic) bond motifs is 9. The summed E-state index contributed by atoms with van der Waals surface area (Å²) in [5, 5.41) is 47.5. The van der Waals surface area contributed by atoms with Gasteiger partial charge in [0.25, 0.3) is 0 Å². The third-order valence-corrected chi connectivity index (χ3v) is 19.0. The summed E-state index contributed by atoms with van der Waals surface area (Å²) in [5.41, 5.74) is 74.4. The maximum atomic E-state index is 13.1. The van der Waals surface area contributed by atoms with E-state index in [1.54, 1.807) is 43.8 Å². The van der Waals surface area contributed by atoms with Gasteiger partial charge in [-0.3, -0.25) is 4.98 Å². The van der Waals surface area contributed by atoms with Gasteiger partial charge in [-0.1, -0.05) is 170 Å². The number of nitrogens with zero attached hydrogens (tertiary/aromatic N) is 15. The van der Waals surface area contributed by atoms with Crippen LogP contribution in [0, 0.1) is 75.1 Å². The highest BCUT2D eigenvalue weighted by molar-refractivity contribution is 6.01. The molecule has 0 amide bonds.